The number of aldehydes is 1. The van der Waals surface area contributed by atoms with E-state index < -0.39 is 6.04 Å². The summed E-state index contributed by atoms with van der Waals surface area (Å²) in [5.74, 6) is -0.261. The Labute approximate surface area is 122 Å². The van der Waals surface area contributed by atoms with Crippen LogP contribution in [0.3, 0.4) is 0 Å². The number of phenols is 1. The summed E-state index contributed by atoms with van der Waals surface area (Å²) in [6.45, 7) is 1.33. The number of rotatable bonds is 6. The van der Waals surface area contributed by atoms with E-state index in [0.29, 0.717) is 17.7 Å². The van der Waals surface area contributed by atoms with Crippen LogP contribution in [0, 0.1) is 0 Å². The third-order valence-corrected chi connectivity index (χ3v) is 2.98. The lowest BCUT2D eigenvalue weighted by Crippen LogP contribution is -2.46. The lowest BCUT2D eigenvalue weighted by atomic mass is 10.2. The molecule has 0 aliphatic carbocycles. The number of nitrogens with one attached hydrogen (secondary N) is 1. The van der Waals surface area contributed by atoms with Crippen LogP contribution in [0.4, 0.5) is 11.4 Å². The van der Waals surface area contributed by atoms with E-state index in [0.717, 1.165) is 0 Å². The molecule has 0 fully saturated rings. The highest BCUT2D eigenvalue weighted by atomic mass is 16.3. The standard InChI is InChI=1S/C16H16N2O3/c1-12(20)14(11-19)17-18(13-7-3-2-4-8-13)15-9-5-6-10-16(15)21/h2-11,14,17,21H,1H3. The summed E-state index contributed by atoms with van der Waals surface area (Å²) in [6, 6.07) is 14.8. The number of carbonyl (C=O) groups is 2. The molecule has 2 aromatic rings. The van der Waals surface area contributed by atoms with Crippen molar-refractivity contribution in [2.24, 2.45) is 0 Å². The number of hydrogen-bond donors (Lipinski definition) is 2. The van der Waals surface area contributed by atoms with Gasteiger partial charge in [0.25, 0.3) is 0 Å². The zero-order valence-corrected chi connectivity index (χ0v) is 11.6. The molecule has 5 nitrogen and oxygen atoms in total. The first-order valence-electron chi connectivity index (χ1n) is 6.48. The second-order valence-corrected chi connectivity index (χ2v) is 4.51. The smallest absolute Gasteiger partial charge is 0.155 e. The number of para-hydroxylation sites is 3. The van der Waals surface area contributed by atoms with Crippen molar-refractivity contribution in [1.29, 1.82) is 0 Å². The van der Waals surface area contributed by atoms with Gasteiger partial charge in [-0.1, -0.05) is 30.3 Å². The highest BCUT2D eigenvalue weighted by molar-refractivity contribution is 5.96. The van der Waals surface area contributed by atoms with Gasteiger partial charge >= 0.3 is 0 Å². The van der Waals surface area contributed by atoms with E-state index in [9.17, 15) is 14.7 Å². The monoisotopic (exact) mass is 284 g/mol. The highest BCUT2D eigenvalue weighted by Gasteiger charge is 2.20. The summed E-state index contributed by atoms with van der Waals surface area (Å²) in [5.41, 5.74) is 3.99. The molecular weight excluding hydrogens is 268 g/mol. The third kappa shape index (κ3) is 3.46. The molecule has 0 aromatic heterocycles. The Balaban J connectivity index is 2.43. The fraction of sp³-hybridized carbons (Fsp3) is 0.125. The second kappa shape index (κ2) is 6.67. The van der Waals surface area contributed by atoms with E-state index in [1.807, 2.05) is 18.2 Å². The molecule has 5 heteroatoms. The Morgan fingerprint density at radius 1 is 1.14 bits per heavy atom. The van der Waals surface area contributed by atoms with Crippen LogP contribution in [0.5, 0.6) is 5.75 Å². The first-order chi connectivity index (χ1) is 10.1. The Bertz CT molecular complexity index is 628. The summed E-state index contributed by atoms with van der Waals surface area (Å²) in [4.78, 5) is 22.5. The van der Waals surface area contributed by atoms with Crippen molar-refractivity contribution in [1.82, 2.24) is 5.43 Å². The lowest BCUT2D eigenvalue weighted by molar-refractivity contribution is -0.123. The molecule has 0 heterocycles. The molecule has 2 aromatic carbocycles. The first-order valence-corrected chi connectivity index (χ1v) is 6.48. The molecule has 2 N–H and O–H groups in total. The predicted octanol–water partition coefficient (Wildman–Crippen LogP) is 2.19. The van der Waals surface area contributed by atoms with E-state index in [1.54, 1.807) is 30.3 Å². The van der Waals surface area contributed by atoms with E-state index in [4.69, 9.17) is 0 Å². The van der Waals surface area contributed by atoms with Crippen LogP contribution in [0.1, 0.15) is 6.92 Å². The maximum Gasteiger partial charge on any atom is 0.155 e. The van der Waals surface area contributed by atoms with Crippen LogP contribution < -0.4 is 10.4 Å². The van der Waals surface area contributed by atoms with Crippen LogP contribution in [0.25, 0.3) is 0 Å². The Kier molecular flexibility index (Phi) is 4.68. The number of carbonyl (C=O) groups excluding carboxylic acids is 2. The molecule has 0 amide bonds. The topological polar surface area (TPSA) is 69.6 Å². The van der Waals surface area contributed by atoms with Crippen LogP contribution >= 0.6 is 0 Å². The molecule has 21 heavy (non-hydrogen) atoms. The van der Waals surface area contributed by atoms with Crippen molar-refractivity contribution in [3.63, 3.8) is 0 Å². The van der Waals surface area contributed by atoms with Gasteiger partial charge in [0.1, 0.15) is 18.1 Å². The molecule has 0 bridgehead atoms. The fourth-order valence-corrected chi connectivity index (χ4v) is 1.87. The van der Waals surface area contributed by atoms with Crippen molar-refractivity contribution in [3.05, 3.63) is 54.6 Å². The van der Waals surface area contributed by atoms with Crippen LogP contribution in [-0.2, 0) is 9.59 Å². The average Bonchev–Trinajstić information content (AvgIpc) is 2.50. The third-order valence-electron chi connectivity index (χ3n) is 2.98. The van der Waals surface area contributed by atoms with Gasteiger partial charge < -0.3 is 9.90 Å². The number of benzene rings is 2. The number of Topliss-reactive ketones (excluding diaryl/α,β-unsaturated/α-hetero) is 1. The molecule has 0 spiro atoms. The SMILES string of the molecule is CC(=O)C(C=O)NN(c1ccccc1)c1ccccc1O. The van der Waals surface area contributed by atoms with Crippen molar-refractivity contribution >= 4 is 23.4 Å². The maximum atomic E-state index is 11.5. The summed E-state index contributed by atoms with van der Waals surface area (Å²) >= 11 is 0. The summed E-state index contributed by atoms with van der Waals surface area (Å²) in [7, 11) is 0. The molecule has 2 rings (SSSR count). The maximum absolute atomic E-state index is 11.5. The Hall–Kier alpha value is -2.66. The van der Waals surface area contributed by atoms with Gasteiger partial charge in [0, 0.05) is 0 Å². The number of nitrogens with zero attached hydrogens (tertiary/aromatic N) is 1. The zero-order chi connectivity index (χ0) is 15.2. The zero-order valence-electron chi connectivity index (χ0n) is 11.6. The van der Waals surface area contributed by atoms with Gasteiger partial charge in [-0.05, 0) is 31.2 Å². The van der Waals surface area contributed by atoms with Crippen LogP contribution in [-0.4, -0.2) is 23.2 Å². The molecule has 0 saturated carbocycles. The quantitative estimate of drug-likeness (QED) is 0.483. The van der Waals surface area contributed by atoms with Crippen LogP contribution in [0.2, 0.25) is 0 Å². The average molecular weight is 284 g/mol. The van der Waals surface area contributed by atoms with E-state index in [2.05, 4.69) is 5.43 Å². The minimum absolute atomic E-state index is 0.0436. The number of phenolic OH excluding ortho intramolecular Hbond substituents is 1. The summed E-state index contributed by atoms with van der Waals surface area (Å²) in [5, 5.41) is 11.5. The van der Waals surface area contributed by atoms with Gasteiger partial charge in [-0.25, -0.2) is 5.43 Å². The molecule has 108 valence electrons. The molecular formula is C16H16N2O3. The summed E-state index contributed by atoms with van der Waals surface area (Å²) < 4.78 is 0. The van der Waals surface area contributed by atoms with Gasteiger partial charge in [0.05, 0.1) is 11.4 Å². The van der Waals surface area contributed by atoms with E-state index in [1.165, 1.54) is 18.0 Å². The van der Waals surface area contributed by atoms with Crippen molar-refractivity contribution in [2.75, 3.05) is 5.01 Å². The predicted molar refractivity (Wildman–Crippen MR) is 80.4 cm³/mol. The lowest BCUT2D eigenvalue weighted by Gasteiger charge is -2.28. The largest absolute Gasteiger partial charge is 0.506 e. The Morgan fingerprint density at radius 3 is 2.33 bits per heavy atom. The highest BCUT2D eigenvalue weighted by Crippen LogP contribution is 2.31. The summed E-state index contributed by atoms with van der Waals surface area (Å²) in [6.07, 6.45) is 0.540. The van der Waals surface area contributed by atoms with Crippen molar-refractivity contribution < 1.29 is 14.7 Å². The van der Waals surface area contributed by atoms with E-state index in [-0.39, 0.29) is 11.5 Å². The molecule has 0 aliphatic rings. The molecule has 0 radical (unpaired) electrons. The number of anilines is 2. The number of hydrazine groups is 1. The van der Waals surface area contributed by atoms with Gasteiger partial charge in [-0.3, -0.25) is 9.80 Å². The van der Waals surface area contributed by atoms with Gasteiger partial charge in [-0.15, -0.1) is 0 Å². The van der Waals surface area contributed by atoms with E-state index >= 15 is 0 Å². The number of aromatic hydroxyl groups is 1. The molecule has 0 saturated heterocycles. The Morgan fingerprint density at radius 2 is 1.76 bits per heavy atom. The molecule has 0 aliphatic heterocycles. The number of hydrogen-bond acceptors (Lipinski definition) is 5. The normalized spacial score (nSPS) is 11.7. The minimum Gasteiger partial charge on any atom is -0.506 e. The minimum atomic E-state index is -0.982. The first kappa shape index (κ1) is 14.7. The second-order valence-electron chi connectivity index (χ2n) is 4.51. The van der Waals surface area contributed by atoms with Crippen molar-refractivity contribution in [2.45, 2.75) is 13.0 Å². The molecule has 1 atom stereocenters. The van der Waals surface area contributed by atoms with Gasteiger partial charge in [-0.2, -0.15) is 0 Å². The van der Waals surface area contributed by atoms with Crippen molar-refractivity contribution in [3.8, 4) is 5.75 Å². The van der Waals surface area contributed by atoms with Gasteiger partial charge in [0.15, 0.2) is 5.78 Å². The van der Waals surface area contributed by atoms with Crippen LogP contribution in [0.15, 0.2) is 54.6 Å². The van der Waals surface area contributed by atoms with Gasteiger partial charge in [0.2, 0.25) is 0 Å². The fourth-order valence-electron chi connectivity index (χ4n) is 1.87. The molecule has 1 unspecified atom stereocenters. The number of ketones is 1.